The molecule has 0 spiro atoms. The maximum Gasteiger partial charge on any atom is 0.261 e. The van der Waals surface area contributed by atoms with Gasteiger partial charge >= 0.3 is 0 Å². The predicted molar refractivity (Wildman–Crippen MR) is 99.1 cm³/mol. The minimum Gasteiger partial charge on any atom is -0.383 e. The van der Waals surface area contributed by atoms with Crippen LogP contribution in [0.3, 0.4) is 0 Å². The first-order valence-corrected chi connectivity index (χ1v) is 7.63. The van der Waals surface area contributed by atoms with Gasteiger partial charge < -0.3 is 9.64 Å². The molecule has 3 heterocycles. The van der Waals surface area contributed by atoms with Crippen LogP contribution in [0.25, 0.3) is 16.7 Å². The standard InChI is InChI=1S/C16H20N6O2.ClH/c1-10-7-11(2)22(20-10)14-8-13-12(9-17-14)15(23)19-16(18-13)21(3)5-6-24-4;/h7-9H,5-6H2,1-4H3,(H,18,19,23);1H. The predicted octanol–water partition coefficient (Wildman–Crippen LogP) is 1.63. The van der Waals surface area contributed by atoms with E-state index in [4.69, 9.17) is 4.74 Å². The van der Waals surface area contributed by atoms with E-state index in [2.05, 4.69) is 20.1 Å². The molecule has 0 radical (unpaired) electrons. The number of hydrogen-bond donors (Lipinski definition) is 1. The van der Waals surface area contributed by atoms with Gasteiger partial charge in [0.1, 0.15) is 0 Å². The highest BCUT2D eigenvalue weighted by Crippen LogP contribution is 2.15. The zero-order valence-corrected chi connectivity index (χ0v) is 15.4. The van der Waals surface area contributed by atoms with Crippen molar-refractivity contribution >= 4 is 29.3 Å². The third-order valence-corrected chi connectivity index (χ3v) is 3.78. The molecule has 0 unspecified atom stereocenters. The van der Waals surface area contributed by atoms with Crippen LogP contribution in [0.5, 0.6) is 0 Å². The Bertz CT molecular complexity index is 936. The molecule has 8 nitrogen and oxygen atoms in total. The highest BCUT2D eigenvalue weighted by Gasteiger charge is 2.11. The van der Waals surface area contributed by atoms with E-state index in [0.717, 1.165) is 11.4 Å². The second kappa shape index (κ2) is 7.62. The topological polar surface area (TPSA) is 88.9 Å². The van der Waals surface area contributed by atoms with Gasteiger partial charge in [0, 0.05) is 38.7 Å². The Morgan fingerprint density at radius 2 is 2.08 bits per heavy atom. The smallest absolute Gasteiger partial charge is 0.261 e. The number of H-pyrrole nitrogens is 1. The number of anilines is 1. The summed E-state index contributed by atoms with van der Waals surface area (Å²) in [5.41, 5.74) is 2.25. The van der Waals surface area contributed by atoms with Crippen LogP contribution in [0.15, 0.2) is 23.1 Å². The average molecular weight is 365 g/mol. The number of hydrogen-bond acceptors (Lipinski definition) is 6. The van der Waals surface area contributed by atoms with Gasteiger partial charge in [-0.1, -0.05) is 0 Å². The second-order valence-corrected chi connectivity index (χ2v) is 5.70. The fraction of sp³-hybridized carbons (Fsp3) is 0.375. The number of aryl methyl sites for hydroxylation is 2. The molecule has 0 aliphatic heterocycles. The van der Waals surface area contributed by atoms with Gasteiger partial charge in [-0.15, -0.1) is 12.4 Å². The minimum absolute atomic E-state index is 0. The molecule has 9 heteroatoms. The Morgan fingerprint density at radius 1 is 1.32 bits per heavy atom. The number of ether oxygens (including phenoxy) is 1. The van der Waals surface area contributed by atoms with Crippen LogP contribution in [-0.2, 0) is 4.74 Å². The molecule has 0 atom stereocenters. The lowest BCUT2D eigenvalue weighted by atomic mass is 10.3. The summed E-state index contributed by atoms with van der Waals surface area (Å²) in [6.07, 6.45) is 1.53. The van der Waals surface area contributed by atoms with E-state index < -0.39 is 0 Å². The molecule has 3 aromatic rings. The van der Waals surface area contributed by atoms with E-state index in [0.29, 0.717) is 35.8 Å². The van der Waals surface area contributed by atoms with Crippen molar-refractivity contribution in [1.29, 1.82) is 0 Å². The molecule has 0 aliphatic rings. The molecular formula is C16H21ClN6O2. The molecule has 3 rings (SSSR count). The van der Waals surface area contributed by atoms with Crippen LogP contribution in [0, 0.1) is 13.8 Å². The SMILES string of the molecule is COCCN(C)c1nc2cc(-n3nc(C)cc3C)ncc2c(=O)[nH]1.Cl. The summed E-state index contributed by atoms with van der Waals surface area (Å²) in [6.45, 7) is 5.06. The van der Waals surface area contributed by atoms with E-state index >= 15 is 0 Å². The van der Waals surface area contributed by atoms with Crippen LogP contribution >= 0.6 is 12.4 Å². The second-order valence-electron chi connectivity index (χ2n) is 5.70. The third-order valence-electron chi connectivity index (χ3n) is 3.78. The van der Waals surface area contributed by atoms with Gasteiger partial charge in [0.2, 0.25) is 5.95 Å². The van der Waals surface area contributed by atoms with E-state index in [9.17, 15) is 4.79 Å². The van der Waals surface area contributed by atoms with Gasteiger partial charge in [-0.3, -0.25) is 9.78 Å². The highest BCUT2D eigenvalue weighted by molar-refractivity contribution is 5.85. The molecule has 0 bridgehead atoms. The summed E-state index contributed by atoms with van der Waals surface area (Å²) >= 11 is 0. The fourth-order valence-corrected chi connectivity index (χ4v) is 2.50. The summed E-state index contributed by atoms with van der Waals surface area (Å²) in [5.74, 6) is 1.13. The zero-order chi connectivity index (χ0) is 17.3. The largest absolute Gasteiger partial charge is 0.383 e. The normalized spacial score (nSPS) is 10.7. The summed E-state index contributed by atoms with van der Waals surface area (Å²) in [6, 6.07) is 3.75. The number of pyridine rings is 1. The Morgan fingerprint density at radius 3 is 2.72 bits per heavy atom. The Labute approximate surface area is 151 Å². The lowest BCUT2D eigenvalue weighted by Crippen LogP contribution is -2.26. The number of rotatable bonds is 5. The van der Waals surface area contributed by atoms with Gasteiger partial charge in [-0.05, 0) is 19.9 Å². The van der Waals surface area contributed by atoms with Crippen molar-refractivity contribution < 1.29 is 4.74 Å². The van der Waals surface area contributed by atoms with Crippen LogP contribution in [0.1, 0.15) is 11.4 Å². The summed E-state index contributed by atoms with van der Waals surface area (Å²) in [5, 5.41) is 4.87. The van der Waals surface area contributed by atoms with Gasteiger partial charge in [-0.25, -0.2) is 14.6 Å². The molecule has 0 saturated carbocycles. The van der Waals surface area contributed by atoms with Crippen molar-refractivity contribution in [2.45, 2.75) is 13.8 Å². The maximum atomic E-state index is 12.3. The Balaban J connectivity index is 0.00000225. The lowest BCUT2D eigenvalue weighted by molar-refractivity contribution is 0.206. The third kappa shape index (κ3) is 3.80. The average Bonchev–Trinajstić information content (AvgIpc) is 2.90. The molecule has 134 valence electrons. The lowest BCUT2D eigenvalue weighted by Gasteiger charge is -2.17. The Hall–Kier alpha value is -2.45. The number of nitrogens with one attached hydrogen (secondary N) is 1. The highest BCUT2D eigenvalue weighted by atomic mass is 35.5. The van der Waals surface area contributed by atoms with E-state index in [1.807, 2.05) is 31.9 Å². The number of aromatic amines is 1. The maximum absolute atomic E-state index is 12.3. The molecule has 1 N–H and O–H groups in total. The quantitative estimate of drug-likeness (QED) is 0.740. The summed E-state index contributed by atoms with van der Waals surface area (Å²) in [4.78, 5) is 25.8. The molecule has 3 aromatic heterocycles. The fourth-order valence-electron chi connectivity index (χ4n) is 2.50. The number of likely N-dealkylation sites (N-methyl/N-ethyl adjacent to an activating group) is 1. The number of fused-ring (bicyclic) bond motifs is 1. The molecular weight excluding hydrogens is 344 g/mol. The van der Waals surface area contributed by atoms with E-state index in [-0.39, 0.29) is 18.0 Å². The first-order chi connectivity index (χ1) is 11.5. The first kappa shape index (κ1) is 18.9. The monoisotopic (exact) mass is 364 g/mol. The van der Waals surface area contributed by atoms with Crippen molar-refractivity contribution in [2.75, 3.05) is 32.2 Å². The molecule has 0 amide bonds. The van der Waals surface area contributed by atoms with E-state index in [1.165, 1.54) is 6.20 Å². The summed E-state index contributed by atoms with van der Waals surface area (Å²) < 4.78 is 6.80. The molecule has 0 aromatic carbocycles. The summed E-state index contributed by atoms with van der Waals surface area (Å²) in [7, 11) is 3.49. The Kier molecular flexibility index (Phi) is 5.76. The van der Waals surface area contributed by atoms with Crippen LogP contribution in [0.2, 0.25) is 0 Å². The van der Waals surface area contributed by atoms with Crippen molar-refractivity contribution in [2.24, 2.45) is 0 Å². The van der Waals surface area contributed by atoms with Crippen LogP contribution in [0.4, 0.5) is 5.95 Å². The number of halogens is 1. The van der Waals surface area contributed by atoms with Crippen molar-refractivity contribution in [3.63, 3.8) is 0 Å². The van der Waals surface area contributed by atoms with Crippen molar-refractivity contribution in [3.8, 4) is 5.82 Å². The number of methoxy groups -OCH3 is 1. The first-order valence-electron chi connectivity index (χ1n) is 7.63. The van der Waals surface area contributed by atoms with Crippen molar-refractivity contribution in [1.82, 2.24) is 24.7 Å². The van der Waals surface area contributed by atoms with Gasteiger partial charge in [0.25, 0.3) is 5.56 Å². The van der Waals surface area contributed by atoms with Crippen LogP contribution < -0.4 is 10.5 Å². The van der Waals surface area contributed by atoms with E-state index in [1.54, 1.807) is 17.9 Å². The molecule has 0 aliphatic carbocycles. The van der Waals surface area contributed by atoms with Gasteiger partial charge in [-0.2, -0.15) is 5.10 Å². The molecule has 0 fully saturated rings. The number of nitrogens with zero attached hydrogens (tertiary/aromatic N) is 5. The van der Waals surface area contributed by atoms with Gasteiger partial charge in [0.05, 0.1) is 23.2 Å². The zero-order valence-electron chi connectivity index (χ0n) is 14.6. The molecule has 0 saturated heterocycles. The van der Waals surface area contributed by atoms with Crippen LogP contribution in [-0.4, -0.2) is 52.0 Å². The molecule has 25 heavy (non-hydrogen) atoms. The van der Waals surface area contributed by atoms with Gasteiger partial charge in [0.15, 0.2) is 5.82 Å². The minimum atomic E-state index is -0.216. The van der Waals surface area contributed by atoms with Crippen molar-refractivity contribution in [3.05, 3.63) is 40.1 Å². The number of aromatic nitrogens is 5.